The van der Waals surface area contributed by atoms with Crippen molar-refractivity contribution in [2.45, 2.75) is 6.10 Å². The number of amides is 1. The Hall–Kier alpha value is -4.73. The van der Waals surface area contributed by atoms with E-state index >= 15 is 0 Å². The first-order valence-electron chi connectivity index (χ1n) is 10.6. The van der Waals surface area contributed by atoms with E-state index in [1.165, 1.54) is 13.3 Å². The van der Waals surface area contributed by atoms with Gasteiger partial charge in [0.25, 0.3) is 5.91 Å². The zero-order valence-corrected chi connectivity index (χ0v) is 18.6. The standard InChI is InChI=1S/C25H20N2O8/c1-30-21-10-15(12-26-27-24(28)23-13-31-17-4-2-3-5-19(17)34-23)6-8-20(21)35-25(29)16-7-9-18-22(11-16)33-14-32-18/h2-12,23H,13-14H2,1H3,(H,27,28)/b26-12-/t23-/m0/s1. The summed E-state index contributed by atoms with van der Waals surface area (Å²) in [6, 6.07) is 16.8. The molecule has 5 rings (SSSR count). The fourth-order valence-corrected chi connectivity index (χ4v) is 3.42. The molecule has 1 amide bonds. The average Bonchev–Trinajstić information content (AvgIpc) is 3.37. The molecule has 0 unspecified atom stereocenters. The van der Waals surface area contributed by atoms with Gasteiger partial charge in [0.1, 0.15) is 6.61 Å². The van der Waals surface area contributed by atoms with Crippen molar-refractivity contribution >= 4 is 18.1 Å². The Morgan fingerprint density at radius 1 is 0.943 bits per heavy atom. The summed E-state index contributed by atoms with van der Waals surface area (Å²) in [5.41, 5.74) is 3.35. The third-order valence-corrected chi connectivity index (χ3v) is 5.19. The molecule has 0 aliphatic carbocycles. The first-order valence-corrected chi connectivity index (χ1v) is 10.6. The van der Waals surface area contributed by atoms with Crippen molar-refractivity contribution in [3.63, 3.8) is 0 Å². The predicted molar refractivity (Wildman–Crippen MR) is 123 cm³/mol. The van der Waals surface area contributed by atoms with Crippen LogP contribution in [0.25, 0.3) is 0 Å². The van der Waals surface area contributed by atoms with E-state index in [2.05, 4.69) is 10.5 Å². The van der Waals surface area contributed by atoms with Gasteiger partial charge in [-0.1, -0.05) is 12.1 Å². The van der Waals surface area contributed by atoms with Crippen LogP contribution in [0, 0.1) is 0 Å². The molecular formula is C25H20N2O8. The molecule has 10 nitrogen and oxygen atoms in total. The number of hydrazone groups is 1. The lowest BCUT2D eigenvalue weighted by atomic mass is 10.2. The van der Waals surface area contributed by atoms with E-state index in [0.29, 0.717) is 39.9 Å². The largest absolute Gasteiger partial charge is 0.493 e. The number of carbonyl (C=O) groups is 2. The topological polar surface area (TPSA) is 114 Å². The Kier molecular flexibility index (Phi) is 6.08. The molecule has 1 N–H and O–H groups in total. The molecule has 0 saturated carbocycles. The average molecular weight is 476 g/mol. The van der Waals surface area contributed by atoms with Crippen LogP contribution in [-0.2, 0) is 4.79 Å². The maximum Gasteiger partial charge on any atom is 0.343 e. The fraction of sp³-hybridized carbons (Fsp3) is 0.160. The van der Waals surface area contributed by atoms with Crippen molar-refractivity contribution in [2.75, 3.05) is 20.5 Å². The van der Waals surface area contributed by atoms with Crippen LogP contribution in [0.4, 0.5) is 0 Å². The SMILES string of the molecule is COc1cc(/C=N\NC(=O)[C@@H]2COc3ccccc3O2)ccc1OC(=O)c1ccc2c(c1)OCO2. The predicted octanol–water partition coefficient (Wildman–Crippen LogP) is 2.93. The normalized spacial score (nSPS) is 15.5. The number of carbonyl (C=O) groups excluding carboxylic acids is 2. The summed E-state index contributed by atoms with van der Waals surface area (Å²) >= 11 is 0. The number of ether oxygens (including phenoxy) is 6. The molecule has 2 heterocycles. The van der Waals surface area contributed by atoms with Crippen LogP contribution in [0.5, 0.6) is 34.5 Å². The van der Waals surface area contributed by atoms with Crippen LogP contribution in [-0.4, -0.2) is 44.7 Å². The van der Waals surface area contributed by atoms with Crippen molar-refractivity contribution < 1.29 is 38.0 Å². The number of hydrogen-bond acceptors (Lipinski definition) is 9. The van der Waals surface area contributed by atoms with Gasteiger partial charge in [0, 0.05) is 0 Å². The molecule has 178 valence electrons. The number of para-hydroxylation sites is 2. The summed E-state index contributed by atoms with van der Waals surface area (Å²) in [6.45, 7) is 0.191. The fourth-order valence-electron chi connectivity index (χ4n) is 3.42. The van der Waals surface area contributed by atoms with Crippen LogP contribution in [0.1, 0.15) is 15.9 Å². The molecule has 3 aromatic rings. The molecule has 35 heavy (non-hydrogen) atoms. The molecule has 10 heteroatoms. The Morgan fingerprint density at radius 3 is 2.60 bits per heavy atom. The van der Waals surface area contributed by atoms with Crippen molar-refractivity contribution in [1.29, 1.82) is 0 Å². The molecule has 2 aliphatic rings. The molecule has 0 saturated heterocycles. The number of rotatable bonds is 6. The first kappa shape index (κ1) is 22.1. The second-order valence-electron chi connectivity index (χ2n) is 7.47. The molecule has 0 radical (unpaired) electrons. The van der Waals surface area contributed by atoms with Crippen molar-refractivity contribution in [3.8, 4) is 34.5 Å². The van der Waals surface area contributed by atoms with Gasteiger partial charge in [-0.25, -0.2) is 10.2 Å². The van der Waals surface area contributed by atoms with Crippen LogP contribution >= 0.6 is 0 Å². The van der Waals surface area contributed by atoms with Crippen molar-refractivity contribution in [2.24, 2.45) is 5.10 Å². The van der Waals surface area contributed by atoms with E-state index in [1.807, 2.05) is 6.07 Å². The third-order valence-electron chi connectivity index (χ3n) is 5.19. The van der Waals surface area contributed by atoms with Gasteiger partial charge in [0.05, 0.1) is 18.9 Å². The number of methoxy groups -OCH3 is 1. The molecule has 0 aromatic heterocycles. The van der Waals surface area contributed by atoms with E-state index in [4.69, 9.17) is 28.4 Å². The smallest absolute Gasteiger partial charge is 0.343 e. The number of nitrogens with one attached hydrogen (secondary N) is 1. The highest BCUT2D eigenvalue weighted by Crippen LogP contribution is 2.34. The van der Waals surface area contributed by atoms with Gasteiger partial charge in [-0.3, -0.25) is 4.79 Å². The number of benzene rings is 3. The minimum Gasteiger partial charge on any atom is -0.493 e. The van der Waals surface area contributed by atoms with E-state index in [1.54, 1.807) is 54.6 Å². The van der Waals surface area contributed by atoms with Gasteiger partial charge in [0.15, 0.2) is 34.5 Å². The monoisotopic (exact) mass is 476 g/mol. The first-order chi connectivity index (χ1) is 17.1. The van der Waals surface area contributed by atoms with Gasteiger partial charge >= 0.3 is 5.97 Å². The molecular weight excluding hydrogens is 456 g/mol. The third kappa shape index (κ3) is 4.81. The minimum atomic E-state index is -0.824. The second kappa shape index (κ2) is 9.64. The molecule has 0 bridgehead atoms. The van der Waals surface area contributed by atoms with Crippen LogP contribution in [0.2, 0.25) is 0 Å². The molecule has 0 spiro atoms. The lowest BCUT2D eigenvalue weighted by Gasteiger charge is -2.24. The Labute approximate surface area is 200 Å². The van der Waals surface area contributed by atoms with E-state index in [9.17, 15) is 9.59 Å². The summed E-state index contributed by atoms with van der Waals surface area (Å²) in [4.78, 5) is 24.9. The summed E-state index contributed by atoms with van der Waals surface area (Å²) < 4.78 is 32.6. The lowest BCUT2D eigenvalue weighted by molar-refractivity contribution is -0.130. The summed E-state index contributed by atoms with van der Waals surface area (Å²) in [5, 5.41) is 3.97. The van der Waals surface area contributed by atoms with E-state index in [-0.39, 0.29) is 19.1 Å². The second-order valence-corrected chi connectivity index (χ2v) is 7.47. The maximum absolute atomic E-state index is 12.6. The van der Waals surface area contributed by atoms with Gasteiger partial charge in [0.2, 0.25) is 12.9 Å². The maximum atomic E-state index is 12.6. The highest BCUT2D eigenvalue weighted by Gasteiger charge is 2.27. The van der Waals surface area contributed by atoms with Gasteiger partial charge in [-0.2, -0.15) is 5.10 Å². The Bertz CT molecular complexity index is 1310. The minimum absolute atomic E-state index is 0.0790. The molecule has 2 aliphatic heterocycles. The van der Waals surface area contributed by atoms with E-state index in [0.717, 1.165) is 0 Å². The number of fused-ring (bicyclic) bond motifs is 2. The number of hydrogen-bond donors (Lipinski definition) is 1. The van der Waals surface area contributed by atoms with Gasteiger partial charge in [-0.15, -0.1) is 0 Å². The summed E-state index contributed by atoms with van der Waals surface area (Å²) in [7, 11) is 1.45. The molecule has 1 atom stereocenters. The highest BCUT2D eigenvalue weighted by atomic mass is 16.7. The zero-order chi connectivity index (χ0) is 24.2. The zero-order valence-electron chi connectivity index (χ0n) is 18.6. The summed E-state index contributed by atoms with van der Waals surface area (Å²) in [5.74, 6) is 1.66. The van der Waals surface area contributed by atoms with E-state index < -0.39 is 18.0 Å². The molecule has 0 fully saturated rings. The van der Waals surface area contributed by atoms with Crippen molar-refractivity contribution in [1.82, 2.24) is 5.43 Å². The number of esters is 1. The van der Waals surface area contributed by atoms with Gasteiger partial charge in [-0.05, 0) is 54.1 Å². The lowest BCUT2D eigenvalue weighted by Crippen LogP contribution is -2.42. The number of nitrogens with zero attached hydrogens (tertiary/aromatic N) is 1. The van der Waals surface area contributed by atoms with Crippen LogP contribution in [0.15, 0.2) is 65.8 Å². The Morgan fingerprint density at radius 2 is 1.74 bits per heavy atom. The summed E-state index contributed by atoms with van der Waals surface area (Å²) in [6.07, 6.45) is 0.608. The Balaban J connectivity index is 1.20. The quantitative estimate of drug-likeness (QED) is 0.250. The highest BCUT2D eigenvalue weighted by molar-refractivity contribution is 5.92. The van der Waals surface area contributed by atoms with Crippen LogP contribution in [0.3, 0.4) is 0 Å². The molecule has 3 aromatic carbocycles. The van der Waals surface area contributed by atoms with Crippen LogP contribution < -0.4 is 33.8 Å². The van der Waals surface area contributed by atoms with Crippen molar-refractivity contribution in [3.05, 3.63) is 71.8 Å². The van der Waals surface area contributed by atoms with Gasteiger partial charge < -0.3 is 28.4 Å².